The van der Waals surface area contributed by atoms with Crippen molar-refractivity contribution in [3.8, 4) is 0 Å². The van der Waals surface area contributed by atoms with Crippen molar-refractivity contribution in [2.75, 3.05) is 45.2 Å². The minimum atomic E-state index is -4.08. The van der Waals surface area contributed by atoms with E-state index in [-0.39, 0.29) is 36.0 Å². The predicted molar refractivity (Wildman–Crippen MR) is 143 cm³/mol. The Labute approximate surface area is 229 Å². The number of phosphoric acid groups is 1. The minimum Gasteiger partial charge on any atom is -0.432 e. The van der Waals surface area contributed by atoms with Crippen molar-refractivity contribution in [3.05, 3.63) is 12.2 Å². The van der Waals surface area contributed by atoms with Crippen LogP contribution >= 0.6 is 103 Å². The number of hydrogen-bond donors (Lipinski definition) is 0. The Morgan fingerprint density at radius 3 is 1.53 bits per heavy atom. The standard InChI is InChI=1S/C17H27Br6O6P/c1-4-14(28-15(24)13(2)3)29-30(25,26-11-16(5-18,6-19)7-20)27-12-17(8-21,9-22)10-23/h14H,2,4-12H2,1,3H3. The molecule has 1 atom stereocenters. The zero-order valence-corrected chi connectivity index (χ0v) is 27.2. The molecule has 0 aromatic carbocycles. The zero-order chi connectivity index (χ0) is 23.4. The van der Waals surface area contributed by atoms with Gasteiger partial charge in [0.05, 0.1) is 13.2 Å². The average Bonchev–Trinajstić information content (AvgIpc) is 2.76. The number of carbonyl (C=O) groups is 1. The largest absolute Gasteiger partial charge is 0.477 e. The fourth-order valence-electron chi connectivity index (χ4n) is 1.52. The van der Waals surface area contributed by atoms with Crippen molar-refractivity contribution in [1.29, 1.82) is 0 Å². The lowest BCUT2D eigenvalue weighted by Crippen LogP contribution is -2.35. The molecule has 0 saturated heterocycles. The lowest BCUT2D eigenvalue weighted by molar-refractivity contribution is -0.162. The summed E-state index contributed by atoms with van der Waals surface area (Å²) in [5.41, 5.74) is -0.548. The van der Waals surface area contributed by atoms with Gasteiger partial charge < -0.3 is 4.74 Å². The van der Waals surface area contributed by atoms with Crippen molar-refractivity contribution >= 4 is 109 Å². The fraction of sp³-hybridized carbons (Fsp3) is 0.824. The molecule has 1 unspecified atom stereocenters. The average molecular weight is 838 g/mol. The number of halogens is 6. The van der Waals surface area contributed by atoms with Crippen LogP contribution < -0.4 is 0 Å². The summed E-state index contributed by atoms with van der Waals surface area (Å²) in [5, 5.41) is 3.54. The van der Waals surface area contributed by atoms with Crippen LogP contribution in [-0.4, -0.2) is 57.5 Å². The van der Waals surface area contributed by atoms with Crippen LogP contribution in [0.25, 0.3) is 0 Å². The van der Waals surface area contributed by atoms with E-state index in [1.807, 2.05) is 0 Å². The molecule has 0 N–H and O–H groups in total. The van der Waals surface area contributed by atoms with E-state index in [2.05, 4.69) is 102 Å². The van der Waals surface area contributed by atoms with Crippen LogP contribution in [0.4, 0.5) is 0 Å². The highest BCUT2D eigenvalue weighted by atomic mass is 79.9. The molecule has 0 aliphatic rings. The molecular weight excluding hydrogens is 811 g/mol. The third-order valence-electron chi connectivity index (χ3n) is 3.93. The van der Waals surface area contributed by atoms with E-state index < -0.39 is 20.1 Å². The van der Waals surface area contributed by atoms with Crippen LogP contribution in [-0.2, 0) is 27.7 Å². The van der Waals surface area contributed by atoms with Gasteiger partial charge in [0.15, 0.2) is 0 Å². The third kappa shape index (κ3) is 10.6. The first-order valence-electron chi connectivity index (χ1n) is 8.84. The van der Waals surface area contributed by atoms with Crippen LogP contribution in [0.5, 0.6) is 0 Å². The Morgan fingerprint density at radius 2 is 1.27 bits per heavy atom. The van der Waals surface area contributed by atoms with E-state index in [1.54, 1.807) is 6.92 Å². The van der Waals surface area contributed by atoms with Crippen molar-refractivity contribution < 1.29 is 27.7 Å². The van der Waals surface area contributed by atoms with Gasteiger partial charge in [-0.15, -0.1) is 0 Å². The summed E-state index contributed by atoms with van der Waals surface area (Å²) in [7, 11) is -4.08. The van der Waals surface area contributed by atoms with Gasteiger partial charge >= 0.3 is 13.8 Å². The Bertz CT molecular complexity index is 541. The first kappa shape index (κ1) is 32.2. The van der Waals surface area contributed by atoms with E-state index in [0.29, 0.717) is 32.0 Å². The van der Waals surface area contributed by atoms with Crippen molar-refractivity contribution in [3.63, 3.8) is 0 Å². The molecule has 6 nitrogen and oxygen atoms in total. The summed E-state index contributed by atoms with van der Waals surface area (Å²) in [5.74, 6) is -0.639. The summed E-state index contributed by atoms with van der Waals surface area (Å²) in [6, 6.07) is 0. The van der Waals surface area contributed by atoms with Crippen LogP contribution in [0.2, 0.25) is 0 Å². The first-order chi connectivity index (χ1) is 14.0. The van der Waals surface area contributed by atoms with Crippen LogP contribution in [0.15, 0.2) is 12.2 Å². The molecule has 0 aliphatic carbocycles. The predicted octanol–water partition coefficient (Wildman–Crippen LogP) is 7.34. The SMILES string of the molecule is C=C(C)C(=O)OC(CC)OP(=O)(OCC(CBr)(CBr)CBr)OCC(CBr)(CBr)CBr. The second kappa shape index (κ2) is 16.0. The van der Waals surface area contributed by atoms with E-state index in [0.717, 1.165) is 0 Å². The fourth-order valence-corrected chi connectivity index (χ4v) is 9.60. The summed E-state index contributed by atoms with van der Waals surface area (Å²) in [6.07, 6.45) is -0.839. The number of esters is 1. The molecule has 0 amide bonds. The molecule has 0 rings (SSSR count). The Balaban J connectivity index is 5.62. The van der Waals surface area contributed by atoms with Gasteiger partial charge in [0.2, 0.25) is 6.29 Å². The van der Waals surface area contributed by atoms with Crippen molar-refractivity contribution in [1.82, 2.24) is 0 Å². The maximum atomic E-state index is 13.6. The monoisotopic (exact) mass is 832 g/mol. The number of ether oxygens (including phenoxy) is 1. The number of hydrogen-bond acceptors (Lipinski definition) is 6. The first-order valence-corrected chi connectivity index (χ1v) is 17.0. The van der Waals surface area contributed by atoms with E-state index in [1.165, 1.54) is 6.92 Å². The van der Waals surface area contributed by atoms with Crippen molar-refractivity contribution in [2.24, 2.45) is 10.8 Å². The minimum absolute atomic E-state index is 0.0842. The highest BCUT2D eigenvalue weighted by Crippen LogP contribution is 2.53. The zero-order valence-electron chi connectivity index (χ0n) is 16.8. The second-order valence-corrected chi connectivity index (χ2v) is 11.9. The molecule has 0 fully saturated rings. The molecule has 13 heteroatoms. The summed E-state index contributed by atoms with van der Waals surface area (Å²) in [6.45, 7) is 6.98. The molecule has 0 bridgehead atoms. The van der Waals surface area contributed by atoms with Crippen molar-refractivity contribution in [2.45, 2.75) is 26.6 Å². The van der Waals surface area contributed by atoms with Gasteiger partial charge in [0, 0.05) is 54.8 Å². The highest BCUT2D eigenvalue weighted by molar-refractivity contribution is 9.10. The molecule has 0 aromatic rings. The molecule has 178 valence electrons. The van der Waals surface area contributed by atoms with Gasteiger partial charge in [-0.3, -0.25) is 9.05 Å². The Kier molecular flexibility index (Phi) is 17.2. The van der Waals surface area contributed by atoms with Crippen LogP contribution in [0.1, 0.15) is 20.3 Å². The van der Waals surface area contributed by atoms with Gasteiger partial charge in [0.1, 0.15) is 0 Å². The smallest absolute Gasteiger partial charge is 0.432 e. The normalized spacial score (nSPS) is 13.9. The van der Waals surface area contributed by atoms with E-state index in [9.17, 15) is 9.36 Å². The molecule has 0 radical (unpaired) electrons. The van der Waals surface area contributed by atoms with Gasteiger partial charge in [-0.05, 0) is 6.92 Å². The van der Waals surface area contributed by atoms with Crippen LogP contribution in [0.3, 0.4) is 0 Å². The van der Waals surface area contributed by atoms with Gasteiger partial charge in [-0.2, -0.15) is 0 Å². The molecule has 30 heavy (non-hydrogen) atoms. The highest BCUT2D eigenvalue weighted by Gasteiger charge is 2.39. The number of alkyl halides is 6. The number of rotatable bonds is 17. The summed E-state index contributed by atoms with van der Waals surface area (Å²) < 4.78 is 35.8. The summed E-state index contributed by atoms with van der Waals surface area (Å²) in [4.78, 5) is 11.9. The Hall–Kier alpha value is 2.20. The quantitative estimate of drug-likeness (QED) is 0.0503. The van der Waals surface area contributed by atoms with Gasteiger partial charge in [0.25, 0.3) is 0 Å². The van der Waals surface area contributed by atoms with Gasteiger partial charge in [-0.1, -0.05) is 109 Å². The number of carbonyl (C=O) groups excluding carboxylic acids is 1. The third-order valence-corrected chi connectivity index (χ3v) is 12.4. The van der Waals surface area contributed by atoms with Crippen LogP contribution in [0, 0.1) is 10.8 Å². The maximum absolute atomic E-state index is 13.6. The molecule has 0 saturated carbocycles. The second-order valence-electron chi connectivity index (χ2n) is 6.92. The topological polar surface area (TPSA) is 71.1 Å². The van der Waals surface area contributed by atoms with Gasteiger partial charge in [-0.25, -0.2) is 13.9 Å². The summed E-state index contributed by atoms with van der Waals surface area (Å²) >= 11 is 20.8. The molecule has 0 heterocycles. The lowest BCUT2D eigenvalue weighted by Gasteiger charge is -2.32. The lowest BCUT2D eigenvalue weighted by atomic mass is 9.98. The van der Waals surface area contributed by atoms with E-state index in [4.69, 9.17) is 18.3 Å². The van der Waals surface area contributed by atoms with E-state index >= 15 is 0 Å². The molecule has 0 aliphatic heterocycles. The Morgan fingerprint density at radius 1 is 0.900 bits per heavy atom. The number of phosphoric ester groups is 1. The molecule has 0 spiro atoms. The molecule has 0 aromatic heterocycles. The molecular formula is C17H27Br6O6P. The maximum Gasteiger partial charge on any atom is 0.477 e.